The van der Waals surface area contributed by atoms with Crippen LogP contribution in [-0.4, -0.2) is 5.38 Å². The van der Waals surface area contributed by atoms with E-state index in [9.17, 15) is 0 Å². The molecule has 0 amide bonds. The SMILES string of the molecule is CC(C)C[C@@H](C)Cl. The van der Waals surface area contributed by atoms with Crippen LogP contribution >= 0.6 is 11.6 Å². The molecule has 0 radical (unpaired) electrons. The fourth-order valence-corrected chi connectivity index (χ4v) is 1.01. The molecule has 0 aromatic carbocycles. The molecule has 0 bridgehead atoms. The average Bonchev–Trinajstić information content (AvgIpc) is 1.27. The molecule has 7 heavy (non-hydrogen) atoms. The lowest BCUT2D eigenvalue weighted by Crippen LogP contribution is -1.96. The molecule has 0 aromatic heterocycles. The number of hydrogen-bond donors (Lipinski definition) is 0. The third-order valence-electron chi connectivity index (χ3n) is 0.796. The van der Waals surface area contributed by atoms with Crippen LogP contribution in [0.1, 0.15) is 27.2 Å². The predicted octanol–water partition coefficient (Wildman–Crippen LogP) is 2.66. The lowest BCUT2D eigenvalue weighted by molar-refractivity contribution is 0.581. The molecule has 0 heterocycles. The minimum Gasteiger partial charge on any atom is -0.123 e. The van der Waals surface area contributed by atoms with Gasteiger partial charge in [-0.2, -0.15) is 0 Å². The van der Waals surface area contributed by atoms with Crippen LogP contribution in [-0.2, 0) is 0 Å². The van der Waals surface area contributed by atoms with Crippen LogP contribution in [0.15, 0.2) is 0 Å². The Morgan fingerprint density at radius 1 is 1.29 bits per heavy atom. The zero-order valence-corrected chi connectivity index (χ0v) is 6.00. The molecule has 0 aromatic rings. The number of rotatable bonds is 2. The van der Waals surface area contributed by atoms with Crippen LogP contribution in [0.3, 0.4) is 0 Å². The van der Waals surface area contributed by atoms with E-state index in [2.05, 4.69) is 13.8 Å². The molecule has 0 aliphatic carbocycles. The summed E-state index contributed by atoms with van der Waals surface area (Å²) in [6.07, 6.45) is 1.13. The van der Waals surface area contributed by atoms with Gasteiger partial charge in [-0.3, -0.25) is 0 Å². The second-order valence-corrected chi connectivity index (χ2v) is 3.16. The molecule has 0 aliphatic heterocycles. The van der Waals surface area contributed by atoms with Crippen molar-refractivity contribution in [3.05, 3.63) is 0 Å². The van der Waals surface area contributed by atoms with Crippen molar-refractivity contribution in [1.82, 2.24) is 0 Å². The Labute approximate surface area is 50.9 Å². The van der Waals surface area contributed by atoms with E-state index in [-0.39, 0.29) is 0 Å². The molecule has 0 saturated carbocycles. The quantitative estimate of drug-likeness (QED) is 0.492. The largest absolute Gasteiger partial charge is 0.123 e. The maximum Gasteiger partial charge on any atom is 0.0310 e. The normalized spacial score (nSPS) is 15.0. The zero-order valence-electron chi connectivity index (χ0n) is 5.24. The van der Waals surface area contributed by atoms with Crippen LogP contribution in [0, 0.1) is 5.92 Å². The van der Waals surface area contributed by atoms with Gasteiger partial charge in [-0.25, -0.2) is 0 Å². The molecule has 0 aliphatic rings. The monoisotopic (exact) mass is 120 g/mol. The third kappa shape index (κ3) is 6.29. The maximum absolute atomic E-state index is 5.67. The van der Waals surface area contributed by atoms with Crippen molar-refractivity contribution in [2.45, 2.75) is 32.6 Å². The number of hydrogen-bond acceptors (Lipinski definition) is 0. The topological polar surface area (TPSA) is 0 Å². The minimum absolute atomic E-state index is 0.347. The number of halogens is 1. The Kier molecular flexibility index (Phi) is 3.45. The van der Waals surface area contributed by atoms with Gasteiger partial charge in [-0.15, -0.1) is 11.6 Å². The Bertz CT molecular complexity index is 33.4. The van der Waals surface area contributed by atoms with Gasteiger partial charge >= 0.3 is 0 Å². The highest BCUT2D eigenvalue weighted by Gasteiger charge is 1.97. The van der Waals surface area contributed by atoms with Crippen molar-refractivity contribution in [1.29, 1.82) is 0 Å². The van der Waals surface area contributed by atoms with E-state index in [0.29, 0.717) is 5.38 Å². The van der Waals surface area contributed by atoms with Gasteiger partial charge < -0.3 is 0 Å². The van der Waals surface area contributed by atoms with Crippen LogP contribution in [0.25, 0.3) is 0 Å². The third-order valence-corrected chi connectivity index (χ3v) is 0.974. The van der Waals surface area contributed by atoms with Gasteiger partial charge in [0, 0.05) is 5.38 Å². The zero-order chi connectivity index (χ0) is 5.86. The summed E-state index contributed by atoms with van der Waals surface area (Å²) in [6, 6.07) is 0. The highest BCUT2D eigenvalue weighted by Crippen LogP contribution is 2.08. The van der Waals surface area contributed by atoms with Crippen LogP contribution < -0.4 is 0 Å². The fourth-order valence-electron chi connectivity index (χ4n) is 0.650. The summed E-state index contributed by atoms with van der Waals surface area (Å²) in [5, 5.41) is 0.347. The predicted molar refractivity (Wildman–Crippen MR) is 34.8 cm³/mol. The summed E-state index contributed by atoms with van der Waals surface area (Å²) in [5.41, 5.74) is 0. The highest BCUT2D eigenvalue weighted by molar-refractivity contribution is 6.20. The molecule has 0 spiro atoms. The molecule has 44 valence electrons. The van der Waals surface area contributed by atoms with E-state index in [0.717, 1.165) is 12.3 Å². The Morgan fingerprint density at radius 2 is 1.71 bits per heavy atom. The first kappa shape index (κ1) is 7.29. The summed E-state index contributed by atoms with van der Waals surface area (Å²) in [7, 11) is 0. The van der Waals surface area contributed by atoms with Gasteiger partial charge in [-0.05, 0) is 19.3 Å². The molecule has 0 fully saturated rings. The first-order chi connectivity index (χ1) is 3.13. The van der Waals surface area contributed by atoms with Gasteiger partial charge in [-0.1, -0.05) is 13.8 Å². The van der Waals surface area contributed by atoms with Crippen molar-refractivity contribution in [3.8, 4) is 0 Å². The fraction of sp³-hybridized carbons (Fsp3) is 1.00. The first-order valence-corrected chi connectivity index (χ1v) is 3.20. The summed E-state index contributed by atoms with van der Waals surface area (Å²) < 4.78 is 0. The van der Waals surface area contributed by atoms with E-state index in [1.165, 1.54) is 0 Å². The van der Waals surface area contributed by atoms with E-state index >= 15 is 0 Å². The van der Waals surface area contributed by atoms with Gasteiger partial charge in [0.1, 0.15) is 0 Å². The van der Waals surface area contributed by atoms with E-state index in [1.807, 2.05) is 6.92 Å². The van der Waals surface area contributed by atoms with Crippen LogP contribution in [0.5, 0.6) is 0 Å². The Balaban J connectivity index is 2.95. The van der Waals surface area contributed by atoms with E-state index in [4.69, 9.17) is 11.6 Å². The molecule has 0 rings (SSSR count). The van der Waals surface area contributed by atoms with Crippen molar-refractivity contribution < 1.29 is 0 Å². The first-order valence-electron chi connectivity index (χ1n) is 2.77. The minimum atomic E-state index is 0.347. The molecular formula is C6H13Cl. The Hall–Kier alpha value is 0.290. The van der Waals surface area contributed by atoms with Gasteiger partial charge in [0.15, 0.2) is 0 Å². The van der Waals surface area contributed by atoms with Gasteiger partial charge in [0.05, 0.1) is 0 Å². The summed E-state index contributed by atoms with van der Waals surface area (Å²) in [6.45, 7) is 6.39. The van der Waals surface area contributed by atoms with Crippen molar-refractivity contribution in [2.24, 2.45) is 5.92 Å². The molecule has 0 N–H and O–H groups in total. The van der Waals surface area contributed by atoms with Gasteiger partial charge in [0.25, 0.3) is 0 Å². The van der Waals surface area contributed by atoms with Crippen molar-refractivity contribution >= 4 is 11.6 Å². The lowest BCUT2D eigenvalue weighted by atomic mass is 10.1. The molecule has 0 nitrogen and oxygen atoms in total. The summed E-state index contributed by atoms with van der Waals surface area (Å²) in [4.78, 5) is 0. The van der Waals surface area contributed by atoms with Gasteiger partial charge in [0.2, 0.25) is 0 Å². The van der Waals surface area contributed by atoms with E-state index < -0.39 is 0 Å². The molecule has 0 saturated heterocycles. The highest BCUT2D eigenvalue weighted by atomic mass is 35.5. The lowest BCUT2D eigenvalue weighted by Gasteiger charge is -2.03. The molecular weight excluding hydrogens is 108 g/mol. The summed E-state index contributed by atoms with van der Waals surface area (Å²) in [5.74, 6) is 0.743. The standard InChI is InChI=1S/C6H13Cl/c1-5(2)4-6(3)7/h5-6H,4H2,1-3H3/t6-/m1/s1. The molecule has 1 heteroatoms. The van der Waals surface area contributed by atoms with Crippen molar-refractivity contribution in [2.75, 3.05) is 0 Å². The maximum atomic E-state index is 5.67. The van der Waals surface area contributed by atoms with Crippen LogP contribution in [0.4, 0.5) is 0 Å². The van der Waals surface area contributed by atoms with E-state index in [1.54, 1.807) is 0 Å². The average molecular weight is 121 g/mol. The van der Waals surface area contributed by atoms with Crippen LogP contribution in [0.2, 0.25) is 0 Å². The Morgan fingerprint density at radius 3 is 1.71 bits per heavy atom. The van der Waals surface area contributed by atoms with Crippen molar-refractivity contribution in [3.63, 3.8) is 0 Å². The second-order valence-electron chi connectivity index (χ2n) is 2.41. The number of alkyl halides is 1. The molecule has 0 unspecified atom stereocenters. The summed E-state index contributed by atoms with van der Waals surface area (Å²) >= 11 is 5.67. The smallest absolute Gasteiger partial charge is 0.0310 e. The molecule has 1 atom stereocenters. The second kappa shape index (κ2) is 3.31.